The van der Waals surface area contributed by atoms with Gasteiger partial charge in [-0.3, -0.25) is 23.9 Å². The summed E-state index contributed by atoms with van der Waals surface area (Å²) >= 11 is 7.09. The van der Waals surface area contributed by atoms with Crippen molar-refractivity contribution in [2.75, 3.05) is 11.9 Å². The summed E-state index contributed by atoms with van der Waals surface area (Å²) in [5, 5.41) is 5.72. The standard InChI is InChI=1S/C26H27ClN4O5S/c1-26(2,3)36-25(35)31-15-17(29-24(34)20-11-12-21(27)37-20)14-19(31)23(33)28-16-7-9-18(10-8-16)30-13-5-4-6-22(30)32/h4-13,17,19H,14-15H2,1-3H3,(H,28,33)(H,29,34)/t17-,19-/m0/s1. The van der Waals surface area contributed by atoms with Crippen molar-refractivity contribution in [2.24, 2.45) is 0 Å². The van der Waals surface area contributed by atoms with Gasteiger partial charge in [-0.15, -0.1) is 11.3 Å². The van der Waals surface area contributed by atoms with E-state index in [4.69, 9.17) is 16.3 Å². The molecule has 0 bridgehead atoms. The average Bonchev–Trinajstić information content (AvgIpc) is 3.45. The zero-order valence-electron chi connectivity index (χ0n) is 20.6. The highest BCUT2D eigenvalue weighted by atomic mass is 35.5. The summed E-state index contributed by atoms with van der Waals surface area (Å²) in [5.41, 5.74) is 0.230. The van der Waals surface area contributed by atoms with E-state index in [0.29, 0.717) is 20.6 Å². The lowest BCUT2D eigenvalue weighted by atomic mass is 10.1. The van der Waals surface area contributed by atoms with Gasteiger partial charge in [-0.2, -0.15) is 0 Å². The lowest BCUT2D eigenvalue weighted by Crippen LogP contribution is -2.45. The van der Waals surface area contributed by atoms with Crippen molar-refractivity contribution in [3.8, 4) is 5.69 Å². The molecule has 0 radical (unpaired) electrons. The molecular formula is C26H27ClN4O5S. The molecule has 2 atom stereocenters. The molecule has 11 heteroatoms. The summed E-state index contributed by atoms with van der Waals surface area (Å²) in [7, 11) is 0. The maximum atomic E-state index is 13.3. The molecule has 0 saturated carbocycles. The van der Waals surface area contributed by atoms with Crippen LogP contribution in [0.1, 0.15) is 36.9 Å². The van der Waals surface area contributed by atoms with E-state index in [1.54, 1.807) is 75.5 Å². The number of carbonyl (C=O) groups is 3. The molecule has 37 heavy (non-hydrogen) atoms. The van der Waals surface area contributed by atoms with Crippen molar-refractivity contribution in [1.29, 1.82) is 0 Å². The Labute approximate surface area is 223 Å². The molecule has 0 aliphatic carbocycles. The number of likely N-dealkylation sites (tertiary alicyclic amines) is 1. The highest BCUT2D eigenvalue weighted by molar-refractivity contribution is 7.18. The maximum absolute atomic E-state index is 13.3. The van der Waals surface area contributed by atoms with Gasteiger partial charge in [0.25, 0.3) is 11.5 Å². The van der Waals surface area contributed by atoms with E-state index in [-0.39, 0.29) is 24.4 Å². The Hall–Kier alpha value is -3.63. The fraction of sp³-hybridized carbons (Fsp3) is 0.308. The summed E-state index contributed by atoms with van der Waals surface area (Å²) in [6.07, 6.45) is 1.24. The Kier molecular flexibility index (Phi) is 7.70. The molecule has 3 aromatic rings. The van der Waals surface area contributed by atoms with E-state index in [2.05, 4.69) is 10.6 Å². The second-order valence-corrected chi connectivity index (χ2v) is 11.3. The third-order valence-electron chi connectivity index (χ3n) is 5.60. The predicted octanol–water partition coefficient (Wildman–Crippen LogP) is 4.30. The molecule has 194 valence electrons. The van der Waals surface area contributed by atoms with Gasteiger partial charge in [-0.1, -0.05) is 17.7 Å². The lowest BCUT2D eigenvalue weighted by Gasteiger charge is -2.28. The highest BCUT2D eigenvalue weighted by Gasteiger charge is 2.42. The number of halogens is 1. The van der Waals surface area contributed by atoms with Gasteiger partial charge in [0.1, 0.15) is 11.6 Å². The third-order valence-corrected chi connectivity index (χ3v) is 6.83. The first-order chi connectivity index (χ1) is 17.5. The van der Waals surface area contributed by atoms with Crippen LogP contribution in [0.4, 0.5) is 10.5 Å². The molecule has 1 aliphatic heterocycles. The first kappa shape index (κ1) is 26.4. The number of anilines is 1. The summed E-state index contributed by atoms with van der Waals surface area (Å²) < 4.78 is 7.50. The van der Waals surface area contributed by atoms with E-state index in [9.17, 15) is 19.2 Å². The molecule has 1 fully saturated rings. The molecule has 4 rings (SSSR count). The lowest BCUT2D eigenvalue weighted by molar-refractivity contribution is -0.120. The van der Waals surface area contributed by atoms with E-state index >= 15 is 0 Å². The quantitative estimate of drug-likeness (QED) is 0.499. The number of aromatic nitrogens is 1. The van der Waals surface area contributed by atoms with Gasteiger partial charge >= 0.3 is 6.09 Å². The van der Waals surface area contributed by atoms with Crippen LogP contribution >= 0.6 is 22.9 Å². The van der Waals surface area contributed by atoms with Crippen molar-refractivity contribution >= 4 is 46.5 Å². The first-order valence-electron chi connectivity index (χ1n) is 11.6. The van der Waals surface area contributed by atoms with Crippen LogP contribution in [0, 0.1) is 0 Å². The molecule has 0 unspecified atom stereocenters. The first-order valence-corrected chi connectivity index (χ1v) is 12.8. The minimum Gasteiger partial charge on any atom is -0.444 e. The van der Waals surface area contributed by atoms with Crippen LogP contribution in [0.25, 0.3) is 5.69 Å². The van der Waals surface area contributed by atoms with E-state index in [1.165, 1.54) is 15.5 Å². The summed E-state index contributed by atoms with van der Waals surface area (Å²) in [5.74, 6) is -0.731. The van der Waals surface area contributed by atoms with E-state index in [0.717, 1.165) is 11.3 Å². The van der Waals surface area contributed by atoms with E-state index in [1.807, 2.05) is 0 Å². The van der Waals surface area contributed by atoms with Gasteiger partial charge < -0.3 is 15.4 Å². The highest BCUT2D eigenvalue weighted by Crippen LogP contribution is 2.25. The molecule has 3 heterocycles. The number of ether oxygens (including phenoxy) is 1. The molecule has 2 N–H and O–H groups in total. The number of thiophene rings is 1. The molecule has 0 spiro atoms. The van der Waals surface area contributed by atoms with Gasteiger partial charge in [0, 0.05) is 36.2 Å². The largest absolute Gasteiger partial charge is 0.444 e. The van der Waals surface area contributed by atoms with Crippen LogP contribution in [-0.2, 0) is 9.53 Å². The van der Waals surface area contributed by atoms with E-state index < -0.39 is 29.7 Å². The Balaban J connectivity index is 1.48. The van der Waals surface area contributed by atoms with Crippen molar-refractivity contribution in [1.82, 2.24) is 14.8 Å². The van der Waals surface area contributed by atoms with Crippen LogP contribution in [-0.4, -0.2) is 51.6 Å². The van der Waals surface area contributed by atoms with Crippen molar-refractivity contribution < 1.29 is 19.1 Å². The average molecular weight is 543 g/mol. The second-order valence-electron chi connectivity index (χ2n) is 9.60. The summed E-state index contributed by atoms with van der Waals surface area (Å²) in [6, 6.07) is 13.6. The zero-order chi connectivity index (χ0) is 26.7. The maximum Gasteiger partial charge on any atom is 0.411 e. The number of hydrogen-bond donors (Lipinski definition) is 2. The molecule has 9 nitrogen and oxygen atoms in total. The minimum absolute atomic E-state index is 0.119. The minimum atomic E-state index is -0.858. The van der Waals surface area contributed by atoms with Gasteiger partial charge in [-0.25, -0.2) is 4.79 Å². The fourth-order valence-electron chi connectivity index (χ4n) is 3.98. The van der Waals surface area contributed by atoms with Gasteiger partial charge in [0.15, 0.2) is 0 Å². The molecule has 3 amide bonds. The van der Waals surface area contributed by atoms with Crippen LogP contribution in [0.3, 0.4) is 0 Å². The molecule has 2 aromatic heterocycles. The number of amides is 3. The SMILES string of the molecule is CC(C)(C)OC(=O)N1C[C@@H](NC(=O)c2ccc(Cl)s2)C[C@H]1C(=O)Nc1ccc(-n2ccccc2=O)cc1. The van der Waals surface area contributed by atoms with Crippen molar-refractivity contribution in [3.63, 3.8) is 0 Å². The van der Waals surface area contributed by atoms with Crippen LogP contribution in [0.15, 0.2) is 65.6 Å². The molecular weight excluding hydrogens is 516 g/mol. The number of nitrogens with zero attached hydrogens (tertiary/aromatic N) is 2. The smallest absolute Gasteiger partial charge is 0.411 e. The second kappa shape index (κ2) is 10.8. The van der Waals surface area contributed by atoms with Crippen LogP contribution in [0.5, 0.6) is 0 Å². The van der Waals surface area contributed by atoms with Crippen LogP contribution in [0.2, 0.25) is 4.34 Å². The molecule has 1 saturated heterocycles. The van der Waals surface area contributed by atoms with Crippen LogP contribution < -0.4 is 16.2 Å². The Bertz CT molecular complexity index is 1360. The number of benzene rings is 1. The monoisotopic (exact) mass is 542 g/mol. The Morgan fingerprint density at radius 3 is 2.41 bits per heavy atom. The molecule has 1 aromatic carbocycles. The Morgan fingerprint density at radius 1 is 1.05 bits per heavy atom. The zero-order valence-corrected chi connectivity index (χ0v) is 22.1. The fourth-order valence-corrected chi connectivity index (χ4v) is 4.92. The van der Waals surface area contributed by atoms with Gasteiger partial charge in [-0.05, 0) is 69.7 Å². The summed E-state index contributed by atoms with van der Waals surface area (Å²) in [4.78, 5) is 52.7. The topological polar surface area (TPSA) is 110 Å². The normalized spacial score (nSPS) is 17.4. The van der Waals surface area contributed by atoms with Crippen molar-refractivity contribution in [3.05, 3.63) is 80.4 Å². The number of hydrogen-bond acceptors (Lipinski definition) is 6. The number of carbonyl (C=O) groups excluding carboxylic acids is 3. The predicted molar refractivity (Wildman–Crippen MR) is 143 cm³/mol. The number of nitrogens with one attached hydrogen (secondary N) is 2. The summed E-state index contributed by atoms with van der Waals surface area (Å²) in [6.45, 7) is 5.36. The number of pyridine rings is 1. The van der Waals surface area contributed by atoms with Gasteiger partial charge in [0.2, 0.25) is 5.91 Å². The Morgan fingerprint density at radius 2 is 1.78 bits per heavy atom. The van der Waals surface area contributed by atoms with Gasteiger partial charge in [0.05, 0.1) is 9.21 Å². The number of rotatable bonds is 5. The third kappa shape index (κ3) is 6.58. The molecule has 1 aliphatic rings. The van der Waals surface area contributed by atoms with Crippen molar-refractivity contribution in [2.45, 2.75) is 44.9 Å².